The summed E-state index contributed by atoms with van der Waals surface area (Å²) in [5.74, 6) is -1.32. The molecule has 2 N–H and O–H groups in total. The predicted molar refractivity (Wildman–Crippen MR) is 123 cm³/mol. The number of aliphatic carboxylic acids is 1. The van der Waals surface area contributed by atoms with Crippen LogP contribution in [0.4, 0.5) is 0 Å². The van der Waals surface area contributed by atoms with Gasteiger partial charge >= 0.3 is 0 Å². The first-order valence-electron chi connectivity index (χ1n) is 12.2. The third kappa shape index (κ3) is 15.0. The number of carbonyl (C=O) groups excluding carboxylic acids is 1. The fourth-order valence-electron chi connectivity index (χ4n) is 3.96. The van der Waals surface area contributed by atoms with Gasteiger partial charge in [0.2, 0.25) is 6.23 Å². The molecule has 178 valence electrons. The van der Waals surface area contributed by atoms with E-state index in [9.17, 15) is 20.1 Å². The van der Waals surface area contributed by atoms with Crippen LogP contribution < -0.4 is 5.11 Å². The van der Waals surface area contributed by atoms with Gasteiger partial charge < -0.3 is 24.6 Å². The number of quaternary nitrogens is 1. The molecule has 0 aliphatic rings. The summed E-state index contributed by atoms with van der Waals surface area (Å²) in [6.07, 6.45) is 20.0. The first kappa shape index (κ1) is 29.1. The van der Waals surface area contributed by atoms with E-state index >= 15 is 0 Å². The Labute approximate surface area is 185 Å². The van der Waals surface area contributed by atoms with Gasteiger partial charge in [-0.15, -0.1) is 0 Å². The zero-order chi connectivity index (χ0) is 22.9. The SMILES string of the molecule is CCCCCCCC/C=C\CCCCCCCCC(O)(CC(=O)[O-])C(O)[N+](C)(C)C. The quantitative estimate of drug-likeness (QED) is 0.131. The van der Waals surface area contributed by atoms with Gasteiger partial charge in [0.15, 0.2) is 0 Å². The number of carboxylic acids is 1. The molecule has 0 radical (unpaired) electrons. The number of rotatable bonds is 20. The number of hydrogen-bond acceptors (Lipinski definition) is 4. The lowest BCUT2D eigenvalue weighted by Gasteiger charge is -2.41. The number of allylic oxidation sites excluding steroid dienone is 2. The Kier molecular flexibility index (Phi) is 16.2. The molecule has 0 saturated heterocycles. The molecule has 0 amide bonds. The summed E-state index contributed by atoms with van der Waals surface area (Å²) < 4.78 is 0.0934. The minimum absolute atomic E-state index is 0.0934. The molecule has 2 atom stereocenters. The minimum atomic E-state index is -1.64. The number of carboxylic acid groups (broad SMARTS) is 1. The van der Waals surface area contributed by atoms with Gasteiger partial charge in [-0.05, 0) is 32.1 Å². The molecule has 0 spiro atoms. The summed E-state index contributed by atoms with van der Waals surface area (Å²) in [6.45, 7) is 2.25. The van der Waals surface area contributed by atoms with Crippen molar-refractivity contribution in [1.29, 1.82) is 0 Å². The van der Waals surface area contributed by atoms with Gasteiger partial charge in [-0.2, -0.15) is 0 Å². The van der Waals surface area contributed by atoms with E-state index in [-0.39, 0.29) is 10.9 Å². The molecular weight excluding hydrogens is 378 g/mol. The van der Waals surface area contributed by atoms with E-state index in [1.165, 1.54) is 57.8 Å². The van der Waals surface area contributed by atoms with Gasteiger partial charge in [-0.3, -0.25) is 0 Å². The van der Waals surface area contributed by atoms with E-state index in [0.29, 0.717) is 6.42 Å². The molecule has 0 aromatic rings. The Morgan fingerprint density at radius 2 is 1.30 bits per heavy atom. The molecule has 0 saturated carbocycles. The molecule has 0 rings (SSSR count). The van der Waals surface area contributed by atoms with Crippen LogP contribution in [0.1, 0.15) is 110 Å². The predicted octanol–water partition coefficient (Wildman–Crippen LogP) is 4.31. The van der Waals surface area contributed by atoms with Gasteiger partial charge in [0.25, 0.3) is 0 Å². The number of unbranched alkanes of at least 4 members (excludes halogenated alkanes) is 12. The highest BCUT2D eigenvalue weighted by Crippen LogP contribution is 2.27. The maximum atomic E-state index is 11.0. The summed E-state index contributed by atoms with van der Waals surface area (Å²) in [4.78, 5) is 11.0. The standard InChI is InChI=1S/C25H49NO4/c1-5-6-7-8-9-10-11-12-13-14-15-16-17-18-19-20-21-25(30,22-23(27)28)24(29)26(2,3)4/h12-13,24,29-30H,5-11,14-22H2,1-4H3/b13-12-. The second-order valence-electron chi connectivity index (χ2n) is 9.83. The third-order valence-corrected chi connectivity index (χ3v) is 5.79. The monoisotopic (exact) mass is 427 g/mol. The van der Waals surface area contributed by atoms with E-state index in [1.807, 2.05) is 0 Å². The van der Waals surface area contributed by atoms with Crippen LogP contribution in [0.25, 0.3) is 0 Å². The number of aliphatic hydroxyl groups is 2. The molecule has 0 bridgehead atoms. The van der Waals surface area contributed by atoms with Crippen molar-refractivity contribution >= 4 is 5.97 Å². The summed E-state index contributed by atoms with van der Waals surface area (Å²) in [7, 11) is 5.23. The van der Waals surface area contributed by atoms with Crippen LogP contribution in [-0.2, 0) is 4.79 Å². The first-order valence-corrected chi connectivity index (χ1v) is 12.2. The summed E-state index contributed by atoms with van der Waals surface area (Å²) in [5.41, 5.74) is -1.64. The molecule has 2 unspecified atom stereocenters. The fourth-order valence-corrected chi connectivity index (χ4v) is 3.96. The minimum Gasteiger partial charge on any atom is -0.550 e. The molecule has 30 heavy (non-hydrogen) atoms. The largest absolute Gasteiger partial charge is 0.550 e. The lowest BCUT2D eigenvalue weighted by atomic mass is 9.89. The van der Waals surface area contributed by atoms with E-state index in [4.69, 9.17) is 0 Å². The van der Waals surface area contributed by atoms with Crippen LogP contribution in [0.3, 0.4) is 0 Å². The van der Waals surface area contributed by atoms with Crippen LogP contribution in [0.15, 0.2) is 12.2 Å². The average Bonchev–Trinajstić information content (AvgIpc) is 2.65. The number of carbonyl (C=O) groups is 1. The normalized spacial score (nSPS) is 15.4. The molecule has 0 aromatic carbocycles. The summed E-state index contributed by atoms with van der Waals surface area (Å²) in [6, 6.07) is 0. The number of nitrogens with zero attached hydrogens (tertiary/aromatic N) is 1. The second-order valence-corrected chi connectivity index (χ2v) is 9.83. The van der Waals surface area contributed by atoms with E-state index < -0.39 is 24.2 Å². The van der Waals surface area contributed by atoms with Crippen LogP contribution in [0, 0.1) is 0 Å². The molecule has 5 nitrogen and oxygen atoms in total. The molecule has 0 heterocycles. The summed E-state index contributed by atoms with van der Waals surface area (Å²) >= 11 is 0. The number of likely N-dealkylation sites (N-methyl/N-ethyl adjacent to an activating group) is 1. The lowest BCUT2D eigenvalue weighted by Crippen LogP contribution is -2.60. The fraction of sp³-hybridized carbons (Fsp3) is 0.880. The Bertz CT molecular complexity index is 459. The Hall–Kier alpha value is -0.910. The molecule has 0 fully saturated rings. The second kappa shape index (κ2) is 16.7. The zero-order valence-corrected chi connectivity index (χ0v) is 20.2. The van der Waals surface area contributed by atoms with Gasteiger partial charge in [0, 0.05) is 12.4 Å². The Morgan fingerprint density at radius 1 is 0.867 bits per heavy atom. The number of aliphatic hydroxyl groups excluding tert-OH is 1. The Balaban J connectivity index is 3.79. The summed E-state index contributed by atoms with van der Waals surface area (Å²) in [5, 5.41) is 32.1. The van der Waals surface area contributed by atoms with E-state index in [0.717, 1.165) is 25.7 Å². The average molecular weight is 428 g/mol. The van der Waals surface area contributed by atoms with Crippen molar-refractivity contribution in [2.45, 2.75) is 121 Å². The highest BCUT2D eigenvalue weighted by molar-refractivity contribution is 5.65. The van der Waals surface area contributed by atoms with Gasteiger partial charge in [0.1, 0.15) is 5.60 Å². The van der Waals surface area contributed by atoms with Crippen LogP contribution in [0.2, 0.25) is 0 Å². The Morgan fingerprint density at radius 3 is 1.73 bits per heavy atom. The third-order valence-electron chi connectivity index (χ3n) is 5.79. The maximum absolute atomic E-state index is 11.0. The lowest BCUT2D eigenvalue weighted by molar-refractivity contribution is -0.927. The van der Waals surface area contributed by atoms with Crippen LogP contribution in [0.5, 0.6) is 0 Å². The smallest absolute Gasteiger partial charge is 0.219 e. The first-order chi connectivity index (χ1) is 14.1. The van der Waals surface area contributed by atoms with E-state index in [1.54, 1.807) is 21.1 Å². The zero-order valence-electron chi connectivity index (χ0n) is 20.2. The molecular formula is C25H49NO4. The van der Waals surface area contributed by atoms with Gasteiger partial charge in [-0.1, -0.05) is 83.3 Å². The van der Waals surface area contributed by atoms with E-state index in [2.05, 4.69) is 19.1 Å². The maximum Gasteiger partial charge on any atom is 0.219 e. The molecule has 5 heteroatoms. The van der Waals surface area contributed by atoms with Crippen molar-refractivity contribution in [2.75, 3.05) is 21.1 Å². The van der Waals surface area contributed by atoms with Gasteiger partial charge in [0.05, 0.1) is 21.1 Å². The van der Waals surface area contributed by atoms with Crippen molar-refractivity contribution in [1.82, 2.24) is 0 Å². The van der Waals surface area contributed by atoms with Gasteiger partial charge in [-0.25, -0.2) is 0 Å². The topological polar surface area (TPSA) is 80.6 Å². The van der Waals surface area contributed by atoms with Crippen molar-refractivity contribution in [3.05, 3.63) is 12.2 Å². The van der Waals surface area contributed by atoms with Crippen molar-refractivity contribution < 1.29 is 24.6 Å². The van der Waals surface area contributed by atoms with Crippen LogP contribution in [-0.4, -0.2) is 53.6 Å². The van der Waals surface area contributed by atoms with Crippen LogP contribution >= 0.6 is 0 Å². The highest BCUT2D eigenvalue weighted by Gasteiger charge is 2.43. The van der Waals surface area contributed by atoms with Crippen molar-refractivity contribution in [2.24, 2.45) is 0 Å². The molecule has 0 aliphatic heterocycles. The number of hydrogen-bond donors (Lipinski definition) is 2. The van der Waals surface area contributed by atoms with Crippen molar-refractivity contribution in [3.8, 4) is 0 Å². The molecule has 0 aliphatic carbocycles. The molecule has 0 aromatic heterocycles. The highest BCUT2D eigenvalue weighted by atomic mass is 16.4. The van der Waals surface area contributed by atoms with Crippen molar-refractivity contribution in [3.63, 3.8) is 0 Å².